The van der Waals surface area contributed by atoms with Crippen LogP contribution in [0.25, 0.3) is 0 Å². The minimum absolute atomic E-state index is 0.558. The maximum absolute atomic E-state index is 11.3. The Morgan fingerprint density at radius 3 is 2.36 bits per heavy atom. The van der Waals surface area contributed by atoms with Crippen LogP contribution in [0.4, 0.5) is 0 Å². The molecule has 2 aliphatic heterocycles. The zero-order chi connectivity index (χ0) is 10.0. The molecule has 2 heterocycles. The van der Waals surface area contributed by atoms with Crippen LogP contribution >= 0.6 is 0 Å². The summed E-state index contributed by atoms with van der Waals surface area (Å²) >= 11 is 0. The highest BCUT2D eigenvalue weighted by Crippen LogP contribution is 2.29. The molecule has 0 spiro atoms. The van der Waals surface area contributed by atoms with Crippen LogP contribution < -0.4 is 0 Å². The van der Waals surface area contributed by atoms with E-state index in [1.807, 2.05) is 17.1 Å². The first-order valence-electron chi connectivity index (χ1n) is 4.97. The van der Waals surface area contributed by atoms with Gasteiger partial charge in [-0.25, -0.2) is 0 Å². The number of carboxylic acid groups (broad SMARTS) is 1. The number of ether oxygens (including phenoxy) is 1. The van der Waals surface area contributed by atoms with Crippen molar-refractivity contribution in [3.63, 3.8) is 0 Å². The minimum Gasteiger partial charge on any atom is -0.480 e. The van der Waals surface area contributed by atoms with Gasteiger partial charge in [0.2, 0.25) is 0 Å². The predicted octanol–water partition coefficient (Wildman–Crippen LogP) is 0.492. The molecular formula is C10H15NO3. The van der Waals surface area contributed by atoms with Crippen LogP contribution in [0, 0.1) is 0 Å². The number of aliphatic carboxylic acids is 1. The van der Waals surface area contributed by atoms with Gasteiger partial charge in [0.15, 0.2) is 0 Å². The van der Waals surface area contributed by atoms with E-state index in [9.17, 15) is 9.90 Å². The van der Waals surface area contributed by atoms with Crippen molar-refractivity contribution in [3.8, 4) is 0 Å². The Kier molecular flexibility index (Phi) is 2.56. The van der Waals surface area contributed by atoms with Gasteiger partial charge in [0.1, 0.15) is 5.54 Å². The summed E-state index contributed by atoms with van der Waals surface area (Å²) < 4.78 is 5.22. The fraction of sp³-hybridized carbons (Fsp3) is 0.700. The number of carboxylic acids is 1. The maximum atomic E-state index is 11.3. The van der Waals surface area contributed by atoms with Crippen LogP contribution in [0.5, 0.6) is 0 Å². The summed E-state index contributed by atoms with van der Waals surface area (Å²) in [4.78, 5) is 13.4. The number of nitrogens with zero attached hydrogens (tertiary/aromatic N) is 1. The van der Waals surface area contributed by atoms with E-state index in [0.29, 0.717) is 26.1 Å². The lowest BCUT2D eigenvalue weighted by atomic mass is 9.88. The van der Waals surface area contributed by atoms with Crippen molar-refractivity contribution in [2.24, 2.45) is 0 Å². The molecule has 0 aliphatic carbocycles. The molecule has 14 heavy (non-hydrogen) atoms. The van der Waals surface area contributed by atoms with Gasteiger partial charge in [-0.1, -0.05) is 12.2 Å². The zero-order valence-electron chi connectivity index (χ0n) is 8.11. The van der Waals surface area contributed by atoms with Gasteiger partial charge in [-0.3, -0.25) is 9.69 Å². The van der Waals surface area contributed by atoms with E-state index in [1.54, 1.807) is 0 Å². The summed E-state index contributed by atoms with van der Waals surface area (Å²) in [6.45, 7) is 2.63. The van der Waals surface area contributed by atoms with Crippen molar-refractivity contribution in [2.75, 3.05) is 26.3 Å². The standard InChI is InChI=1S/C10H15NO3/c12-9(13)10(3-7-14-8-4-10)11-5-1-2-6-11/h1-2H,3-8H2,(H,12,13). The number of rotatable bonds is 2. The molecule has 1 N–H and O–H groups in total. The lowest BCUT2D eigenvalue weighted by molar-refractivity contribution is -0.157. The molecule has 2 rings (SSSR count). The molecule has 4 heteroatoms. The monoisotopic (exact) mass is 197 g/mol. The molecule has 1 fully saturated rings. The molecule has 0 bridgehead atoms. The topological polar surface area (TPSA) is 49.8 Å². The van der Waals surface area contributed by atoms with Crippen LogP contribution in [0.15, 0.2) is 12.2 Å². The van der Waals surface area contributed by atoms with Crippen molar-refractivity contribution >= 4 is 5.97 Å². The van der Waals surface area contributed by atoms with Crippen molar-refractivity contribution < 1.29 is 14.6 Å². The van der Waals surface area contributed by atoms with Crippen LogP contribution in [-0.4, -0.2) is 47.8 Å². The summed E-state index contributed by atoms with van der Waals surface area (Å²) in [5, 5.41) is 9.32. The lowest BCUT2D eigenvalue weighted by Gasteiger charge is -2.40. The Bertz CT molecular complexity index is 248. The van der Waals surface area contributed by atoms with Gasteiger partial charge in [-0.05, 0) is 12.8 Å². The van der Waals surface area contributed by atoms with Gasteiger partial charge >= 0.3 is 5.97 Å². The number of hydrogen-bond donors (Lipinski definition) is 1. The summed E-state index contributed by atoms with van der Waals surface area (Å²) in [7, 11) is 0. The summed E-state index contributed by atoms with van der Waals surface area (Å²) in [6.07, 6.45) is 5.26. The Morgan fingerprint density at radius 2 is 1.86 bits per heavy atom. The first-order valence-corrected chi connectivity index (χ1v) is 4.97. The third-order valence-electron chi connectivity index (χ3n) is 3.14. The van der Waals surface area contributed by atoms with Crippen molar-refractivity contribution in [1.29, 1.82) is 0 Å². The fourth-order valence-electron chi connectivity index (χ4n) is 2.20. The first kappa shape index (κ1) is 9.68. The largest absolute Gasteiger partial charge is 0.480 e. The van der Waals surface area contributed by atoms with Gasteiger partial charge < -0.3 is 9.84 Å². The van der Waals surface area contributed by atoms with E-state index < -0.39 is 11.5 Å². The molecule has 0 amide bonds. The fourth-order valence-corrected chi connectivity index (χ4v) is 2.20. The highest BCUT2D eigenvalue weighted by molar-refractivity contribution is 5.79. The van der Waals surface area contributed by atoms with E-state index in [4.69, 9.17) is 4.74 Å². The minimum atomic E-state index is -0.704. The Labute approximate surface area is 83.2 Å². The van der Waals surface area contributed by atoms with E-state index in [-0.39, 0.29) is 0 Å². The molecule has 0 radical (unpaired) electrons. The summed E-state index contributed by atoms with van der Waals surface area (Å²) in [6, 6.07) is 0. The average Bonchev–Trinajstić information content (AvgIpc) is 2.72. The van der Waals surface area contributed by atoms with E-state index in [2.05, 4.69) is 0 Å². The molecular weight excluding hydrogens is 182 g/mol. The normalized spacial score (nSPS) is 26.6. The van der Waals surface area contributed by atoms with Crippen LogP contribution in [0.2, 0.25) is 0 Å². The molecule has 78 valence electrons. The van der Waals surface area contributed by atoms with E-state index in [0.717, 1.165) is 13.1 Å². The van der Waals surface area contributed by atoms with Gasteiger partial charge in [-0.15, -0.1) is 0 Å². The molecule has 0 aromatic rings. The van der Waals surface area contributed by atoms with E-state index >= 15 is 0 Å². The molecule has 2 aliphatic rings. The van der Waals surface area contributed by atoms with Gasteiger partial charge in [-0.2, -0.15) is 0 Å². The summed E-state index contributed by atoms with van der Waals surface area (Å²) in [5.41, 5.74) is -0.679. The number of carbonyl (C=O) groups is 1. The van der Waals surface area contributed by atoms with Gasteiger partial charge in [0, 0.05) is 26.3 Å². The number of hydrogen-bond acceptors (Lipinski definition) is 3. The van der Waals surface area contributed by atoms with Crippen LogP contribution in [0.1, 0.15) is 12.8 Å². The first-order chi connectivity index (χ1) is 6.76. The molecule has 0 saturated carbocycles. The third kappa shape index (κ3) is 1.44. The second-order valence-corrected chi connectivity index (χ2v) is 3.83. The second-order valence-electron chi connectivity index (χ2n) is 3.83. The molecule has 0 unspecified atom stereocenters. The van der Waals surface area contributed by atoms with Crippen LogP contribution in [-0.2, 0) is 9.53 Å². The molecule has 0 atom stereocenters. The average molecular weight is 197 g/mol. The predicted molar refractivity (Wildman–Crippen MR) is 51.1 cm³/mol. The highest BCUT2D eigenvalue weighted by atomic mass is 16.5. The molecule has 1 saturated heterocycles. The quantitative estimate of drug-likeness (QED) is 0.655. The smallest absolute Gasteiger partial charge is 0.324 e. The SMILES string of the molecule is O=C(O)C1(N2CC=CC2)CCOCC1. The molecule has 4 nitrogen and oxygen atoms in total. The van der Waals surface area contributed by atoms with E-state index in [1.165, 1.54) is 0 Å². The summed E-state index contributed by atoms with van der Waals surface area (Å²) in [5.74, 6) is -0.704. The Hall–Kier alpha value is -0.870. The third-order valence-corrected chi connectivity index (χ3v) is 3.14. The van der Waals surface area contributed by atoms with Gasteiger partial charge in [0.25, 0.3) is 0 Å². The Morgan fingerprint density at radius 1 is 1.29 bits per heavy atom. The van der Waals surface area contributed by atoms with Gasteiger partial charge in [0.05, 0.1) is 0 Å². The Balaban J connectivity index is 2.16. The van der Waals surface area contributed by atoms with Crippen molar-refractivity contribution in [1.82, 2.24) is 4.90 Å². The second kappa shape index (κ2) is 3.71. The van der Waals surface area contributed by atoms with Crippen LogP contribution in [0.3, 0.4) is 0 Å². The maximum Gasteiger partial charge on any atom is 0.324 e. The zero-order valence-corrected chi connectivity index (χ0v) is 8.11. The highest BCUT2D eigenvalue weighted by Gasteiger charge is 2.45. The molecule has 0 aromatic heterocycles. The molecule has 0 aromatic carbocycles. The van der Waals surface area contributed by atoms with Crippen molar-refractivity contribution in [2.45, 2.75) is 18.4 Å². The lowest BCUT2D eigenvalue weighted by Crippen LogP contribution is -2.56. The van der Waals surface area contributed by atoms with Crippen molar-refractivity contribution in [3.05, 3.63) is 12.2 Å².